The highest BCUT2D eigenvalue weighted by Gasteiger charge is 2.05. The number of nitrogens with one attached hydrogen (secondary N) is 1. The SMILES string of the molecule is CCNc1nnc(-c2ccc(F)cc2)s1. The van der Waals surface area contributed by atoms with Gasteiger partial charge in [-0.1, -0.05) is 11.3 Å². The van der Waals surface area contributed by atoms with Gasteiger partial charge >= 0.3 is 0 Å². The van der Waals surface area contributed by atoms with Gasteiger partial charge in [0.2, 0.25) is 5.13 Å². The van der Waals surface area contributed by atoms with Crippen LogP contribution in [0.25, 0.3) is 10.6 Å². The van der Waals surface area contributed by atoms with Crippen molar-refractivity contribution in [3.05, 3.63) is 30.1 Å². The number of benzene rings is 1. The molecular weight excluding hydrogens is 213 g/mol. The Hall–Kier alpha value is -1.49. The summed E-state index contributed by atoms with van der Waals surface area (Å²) in [5.74, 6) is -0.241. The Morgan fingerprint density at radius 1 is 1.27 bits per heavy atom. The maximum atomic E-state index is 12.7. The maximum Gasteiger partial charge on any atom is 0.205 e. The predicted octanol–water partition coefficient (Wildman–Crippen LogP) is 2.78. The van der Waals surface area contributed by atoms with Crippen LogP contribution in [0.5, 0.6) is 0 Å². The van der Waals surface area contributed by atoms with E-state index in [1.807, 2.05) is 6.92 Å². The van der Waals surface area contributed by atoms with Gasteiger partial charge in [0.05, 0.1) is 0 Å². The first-order valence-corrected chi connectivity index (χ1v) is 5.44. The van der Waals surface area contributed by atoms with Crippen LogP contribution in [-0.4, -0.2) is 16.7 Å². The van der Waals surface area contributed by atoms with E-state index in [2.05, 4.69) is 15.5 Å². The van der Waals surface area contributed by atoms with Crippen molar-refractivity contribution >= 4 is 16.5 Å². The Labute approximate surface area is 91.0 Å². The molecule has 0 amide bonds. The zero-order valence-corrected chi connectivity index (χ0v) is 9.01. The lowest BCUT2D eigenvalue weighted by atomic mass is 10.2. The van der Waals surface area contributed by atoms with Crippen molar-refractivity contribution in [1.82, 2.24) is 10.2 Å². The second-order valence-electron chi connectivity index (χ2n) is 2.95. The van der Waals surface area contributed by atoms with E-state index in [9.17, 15) is 4.39 Å². The third kappa shape index (κ3) is 2.30. The average Bonchev–Trinajstić information content (AvgIpc) is 2.68. The van der Waals surface area contributed by atoms with Crippen molar-refractivity contribution in [3.63, 3.8) is 0 Å². The van der Waals surface area contributed by atoms with Crippen molar-refractivity contribution in [2.45, 2.75) is 6.92 Å². The molecule has 3 nitrogen and oxygen atoms in total. The van der Waals surface area contributed by atoms with Crippen molar-refractivity contribution in [3.8, 4) is 10.6 Å². The average molecular weight is 223 g/mol. The van der Waals surface area contributed by atoms with Crippen molar-refractivity contribution in [1.29, 1.82) is 0 Å². The highest BCUT2D eigenvalue weighted by molar-refractivity contribution is 7.18. The third-order valence-corrected chi connectivity index (χ3v) is 2.77. The van der Waals surface area contributed by atoms with Crippen LogP contribution in [0.1, 0.15) is 6.92 Å². The van der Waals surface area contributed by atoms with Crippen molar-refractivity contribution in [2.24, 2.45) is 0 Å². The lowest BCUT2D eigenvalue weighted by Gasteiger charge is -1.94. The van der Waals surface area contributed by atoms with E-state index in [4.69, 9.17) is 0 Å². The Kier molecular flexibility index (Phi) is 2.91. The molecule has 1 aromatic heterocycles. The molecule has 2 rings (SSSR count). The van der Waals surface area contributed by atoms with Gasteiger partial charge in [0.15, 0.2) is 0 Å². The van der Waals surface area contributed by atoms with E-state index < -0.39 is 0 Å². The molecule has 15 heavy (non-hydrogen) atoms. The molecule has 0 aliphatic rings. The first-order chi connectivity index (χ1) is 7.29. The molecule has 78 valence electrons. The van der Waals surface area contributed by atoms with Gasteiger partial charge in [0.1, 0.15) is 10.8 Å². The number of hydrogen-bond acceptors (Lipinski definition) is 4. The highest BCUT2D eigenvalue weighted by Crippen LogP contribution is 2.25. The van der Waals surface area contributed by atoms with Gasteiger partial charge in [-0.05, 0) is 31.2 Å². The fraction of sp³-hybridized carbons (Fsp3) is 0.200. The molecule has 0 saturated heterocycles. The Morgan fingerprint density at radius 3 is 2.67 bits per heavy atom. The molecule has 0 bridgehead atoms. The number of nitrogens with zero attached hydrogens (tertiary/aromatic N) is 2. The van der Waals surface area contributed by atoms with Crippen LogP contribution in [0, 0.1) is 5.82 Å². The number of anilines is 1. The van der Waals surface area contributed by atoms with Gasteiger partial charge < -0.3 is 5.32 Å². The van der Waals surface area contributed by atoms with Gasteiger partial charge in [-0.2, -0.15) is 0 Å². The summed E-state index contributed by atoms with van der Waals surface area (Å²) in [6.07, 6.45) is 0. The topological polar surface area (TPSA) is 37.8 Å². The summed E-state index contributed by atoms with van der Waals surface area (Å²) in [5.41, 5.74) is 0.887. The molecular formula is C10H10FN3S. The van der Waals surface area contributed by atoms with Crippen LogP contribution in [0.3, 0.4) is 0 Å². The standard InChI is InChI=1S/C10H10FN3S/c1-2-12-10-14-13-9(15-10)7-3-5-8(11)6-4-7/h3-6H,2H2,1H3,(H,12,14). The zero-order valence-electron chi connectivity index (χ0n) is 8.20. The Bertz CT molecular complexity index is 438. The van der Waals surface area contributed by atoms with E-state index in [0.717, 1.165) is 22.2 Å². The molecule has 1 aromatic carbocycles. The molecule has 1 heterocycles. The fourth-order valence-electron chi connectivity index (χ4n) is 1.16. The molecule has 0 aliphatic carbocycles. The van der Waals surface area contributed by atoms with Crippen LogP contribution in [0.2, 0.25) is 0 Å². The smallest absolute Gasteiger partial charge is 0.205 e. The van der Waals surface area contributed by atoms with E-state index >= 15 is 0 Å². The van der Waals surface area contributed by atoms with Crippen LogP contribution in [0.15, 0.2) is 24.3 Å². The highest BCUT2D eigenvalue weighted by atomic mass is 32.1. The van der Waals surface area contributed by atoms with Crippen LogP contribution in [0.4, 0.5) is 9.52 Å². The van der Waals surface area contributed by atoms with E-state index in [1.54, 1.807) is 12.1 Å². The third-order valence-electron chi connectivity index (χ3n) is 1.84. The lowest BCUT2D eigenvalue weighted by Crippen LogP contribution is -1.94. The van der Waals surface area contributed by atoms with Crippen LogP contribution < -0.4 is 5.32 Å². The van der Waals surface area contributed by atoms with E-state index in [0.29, 0.717) is 0 Å². The van der Waals surface area contributed by atoms with E-state index in [1.165, 1.54) is 23.5 Å². The van der Waals surface area contributed by atoms with Crippen molar-refractivity contribution < 1.29 is 4.39 Å². The minimum atomic E-state index is -0.241. The van der Waals surface area contributed by atoms with Crippen LogP contribution in [-0.2, 0) is 0 Å². The molecule has 0 radical (unpaired) electrons. The molecule has 1 N–H and O–H groups in total. The summed E-state index contributed by atoms with van der Waals surface area (Å²) in [4.78, 5) is 0. The van der Waals surface area contributed by atoms with Crippen LogP contribution >= 0.6 is 11.3 Å². The number of rotatable bonds is 3. The quantitative estimate of drug-likeness (QED) is 0.869. The van der Waals surface area contributed by atoms with Gasteiger partial charge in [0.25, 0.3) is 0 Å². The Morgan fingerprint density at radius 2 is 2.00 bits per heavy atom. The van der Waals surface area contributed by atoms with Gasteiger partial charge in [-0.15, -0.1) is 10.2 Å². The molecule has 0 saturated carbocycles. The summed E-state index contributed by atoms with van der Waals surface area (Å²) in [6, 6.07) is 6.24. The number of halogens is 1. The Balaban J connectivity index is 2.25. The summed E-state index contributed by atoms with van der Waals surface area (Å²) < 4.78 is 12.7. The fourth-order valence-corrected chi connectivity index (χ4v) is 1.97. The summed E-state index contributed by atoms with van der Waals surface area (Å²) in [5, 5.41) is 12.7. The molecule has 0 fully saturated rings. The normalized spacial score (nSPS) is 10.3. The summed E-state index contributed by atoms with van der Waals surface area (Å²) >= 11 is 1.46. The molecule has 0 atom stereocenters. The first-order valence-electron chi connectivity index (χ1n) is 4.63. The molecule has 0 spiro atoms. The second-order valence-corrected chi connectivity index (χ2v) is 3.93. The molecule has 0 unspecified atom stereocenters. The maximum absolute atomic E-state index is 12.7. The summed E-state index contributed by atoms with van der Waals surface area (Å²) in [7, 11) is 0. The minimum Gasteiger partial charge on any atom is -0.360 e. The number of hydrogen-bond donors (Lipinski definition) is 1. The van der Waals surface area contributed by atoms with Crippen molar-refractivity contribution in [2.75, 3.05) is 11.9 Å². The molecule has 0 aliphatic heterocycles. The number of aromatic nitrogens is 2. The second kappa shape index (κ2) is 4.35. The monoisotopic (exact) mass is 223 g/mol. The largest absolute Gasteiger partial charge is 0.360 e. The van der Waals surface area contributed by atoms with Gasteiger partial charge in [-0.25, -0.2) is 4.39 Å². The van der Waals surface area contributed by atoms with Gasteiger partial charge in [-0.3, -0.25) is 0 Å². The van der Waals surface area contributed by atoms with Gasteiger partial charge in [0, 0.05) is 12.1 Å². The molecule has 5 heteroatoms. The molecule has 2 aromatic rings. The summed E-state index contributed by atoms with van der Waals surface area (Å²) in [6.45, 7) is 2.82. The van der Waals surface area contributed by atoms with E-state index in [-0.39, 0.29) is 5.82 Å². The zero-order chi connectivity index (χ0) is 10.7. The minimum absolute atomic E-state index is 0.241. The predicted molar refractivity (Wildman–Crippen MR) is 59.5 cm³/mol. The first kappa shape index (κ1) is 10.0. The lowest BCUT2D eigenvalue weighted by molar-refractivity contribution is 0.628.